The molecule has 7 heteroatoms. The third-order valence-electron chi connectivity index (χ3n) is 3.76. The Morgan fingerprint density at radius 2 is 2.18 bits per heavy atom. The molecule has 0 bridgehead atoms. The van der Waals surface area contributed by atoms with Gasteiger partial charge in [-0.05, 0) is 31.7 Å². The van der Waals surface area contributed by atoms with Crippen LogP contribution in [0.25, 0.3) is 10.2 Å². The molecule has 22 heavy (non-hydrogen) atoms. The summed E-state index contributed by atoms with van der Waals surface area (Å²) in [4.78, 5) is 19.5. The van der Waals surface area contributed by atoms with E-state index in [2.05, 4.69) is 30.5 Å². The lowest BCUT2D eigenvalue weighted by atomic mass is 10.2. The van der Waals surface area contributed by atoms with Crippen LogP contribution in [0.1, 0.15) is 29.5 Å². The second-order valence-corrected chi connectivity index (χ2v) is 6.24. The van der Waals surface area contributed by atoms with Gasteiger partial charge in [-0.3, -0.25) is 15.4 Å². The van der Waals surface area contributed by atoms with E-state index < -0.39 is 0 Å². The first-order chi connectivity index (χ1) is 10.8. The van der Waals surface area contributed by atoms with Gasteiger partial charge in [0.25, 0.3) is 0 Å². The Morgan fingerprint density at radius 1 is 1.23 bits per heavy atom. The molecule has 0 unspecified atom stereocenters. The highest BCUT2D eigenvalue weighted by molar-refractivity contribution is 7.19. The molecule has 0 fully saturated rings. The van der Waals surface area contributed by atoms with Crippen molar-refractivity contribution in [1.29, 1.82) is 0 Å². The van der Waals surface area contributed by atoms with Crippen LogP contribution in [0, 0.1) is 0 Å². The van der Waals surface area contributed by atoms with Crippen LogP contribution in [0.4, 0.5) is 5.82 Å². The highest BCUT2D eigenvalue weighted by Gasteiger charge is 2.21. The van der Waals surface area contributed by atoms with Crippen molar-refractivity contribution in [3.63, 3.8) is 0 Å². The van der Waals surface area contributed by atoms with Gasteiger partial charge in [-0.2, -0.15) is 5.10 Å². The van der Waals surface area contributed by atoms with E-state index in [9.17, 15) is 0 Å². The summed E-state index contributed by atoms with van der Waals surface area (Å²) in [6, 6.07) is 0. The molecular weight excluding hydrogens is 296 g/mol. The van der Waals surface area contributed by atoms with Crippen LogP contribution < -0.4 is 5.43 Å². The standard InChI is InChI=1S/C15H14N6S/c1-9(11-7-16-5-6-17-11)20-21-14-13-10-3-2-4-12(10)22-15(13)19-8-18-14/h5-8H,2-4H2,1H3,(H,18,19,21)/b20-9-. The number of fused-ring (bicyclic) bond motifs is 3. The molecule has 0 aliphatic heterocycles. The van der Waals surface area contributed by atoms with Crippen LogP contribution in [0.15, 0.2) is 30.0 Å². The van der Waals surface area contributed by atoms with Crippen LogP contribution >= 0.6 is 11.3 Å². The van der Waals surface area contributed by atoms with Gasteiger partial charge in [-0.1, -0.05) is 0 Å². The number of hydrazone groups is 1. The quantitative estimate of drug-likeness (QED) is 0.594. The van der Waals surface area contributed by atoms with Crippen LogP contribution in [0.5, 0.6) is 0 Å². The average Bonchev–Trinajstić information content (AvgIpc) is 3.14. The molecule has 3 aromatic heterocycles. The number of anilines is 1. The average molecular weight is 310 g/mol. The van der Waals surface area contributed by atoms with Gasteiger partial charge in [0.05, 0.1) is 17.3 Å². The molecule has 1 N–H and O–H groups in total. The first-order valence-electron chi connectivity index (χ1n) is 7.15. The fourth-order valence-electron chi connectivity index (χ4n) is 2.69. The van der Waals surface area contributed by atoms with Gasteiger partial charge in [0, 0.05) is 17.3 Å². The molecule has 0 radical (unpaired) electrons. The second-order valence-electron chi connectivity index (χ2n) is 5.16. The molecule has 4 rings (SSSR count). The van der Waals surface area contributed by atoms with E-state index in [0.29, 0.717) is 0 Å². The maximum absolute atomic E-state index is 4.40. The number of aryl methyl sites for hydroxylation is 2. The zero-order valence-electron chi connectivity index (χ0n) is 12.1. The van der Waals surface area contributed by atoms with E-state index in [4.69, 9.17) is 0 Å². The summed E-state index contributed by atoms with van der Waals surface area (Å²) >= 11 is 1.77. The molecule has 0 saturated heterocycles. The number of hydrogen-bond donors (Lipinski definition) is 1. The molecule has 6 nitrogen and oxygen atoms in total. The van der Waals surface area contributed by atoms with E-state index >= 15 is 0 Å². The molecule has 0 aromatic carbocycles. The smallest absolute Gasteiger partial charge is 0.158 e. The molecule has 0 atom stereocenters. The predicted molar refractivity (Wildman–Crippen MR) is 87.3 cm³/mol. The minimum atomic E-state index is 0.746. The largest absolute Gasteiger partial charge is 0.261 e. The highest BCUT2D eigenvalue weighted by atomic mass is 32.1. The first-order valence-corrected chi connectivity index (χ1v) is 7.96. The van der Waals surface area contributed by atoms with E-state index in [1.165, 1.54) is 16.9 Å². The van der Waals surface area contributed by atoms with Crippen LogP contribution in [0.2, 0.25) is 0 Å². The summed E-state index contributed by atoms with van der Waals surface area (Å²) in [5.74, 6) is 0.771. The SMILES string of the molecule is C/C(=N/Nc1ncnc2sc3c(c12)CCC3)c1cnccn1. The van der Waals surface area contributed by atoms with Gasteiger partial charge >= 0.3 is 0 Å². The monoisotopic (exact) mass is 310 g/mol. The van der Waals surface area contributed by atoms with Crippen molar-refractivity contribution in [2.24, 2.45) is 5.10 Å². The van der Waals surface area contributed by atoms with Gasteiger partial charge < -0.3 is 0 Å². The van der Waals surface area contributed by atoms with E-state index in [1.807, 2.05) is 6.92 Å². The third-order valence-corrected chi connectivity index (χ3v) is 4.96. The minimum Gasteiger partial charge on any atom is -0.261 e. The number of nitrogens with one attached hydrogen (secondary N) is 1. The zero-order chi connectivity index (χ0) is 14.9. The highest BCUT2D eigenvalue weighted by Crippen LogP contribution is 2.38. The van der Waals surface area contributed by atoms with Gasteiger partial charge in [0.15, 0.2) is 5.82 Å². The first kappa shape index (κ1) is 13.3. The van der Waals surface area contributed by atoms with Crippen molar-refractivity contribution in [3.8, 4) is 0 Å². The Morgan fingerprint density at radius 3 is 3.05 bits per heavy atom. The topological polar surface area (TPSA) is 76.0 Å². The lowest BCUT2D eigenvalue weighted by Crippen LogP contribution is -2.04. The van der Waals surface area contributed by atoms with Crippen molar-refractivity contribution in [2.75, 3.05) is 5.43 Å². The van der Waals surface area contributed by atoms with Gasteiger partial charge in [0.1, 0.15) is 16.9 Å². The second kappa shape index (κ2) is 5.42. The molecule has 0 amide bonds. The summed E-state index contributed by atoms with van der Waals surface area (Å²) in [5, 5.41) is 5.52. The summed E-state index contributed by atoms with van der Waals surface area (Å²) < 4.78 is 0. The fourth-order valence-corrected chi connectivity index (χ4v) is 3.92. The molecule has 3 heterocycles. The normalized spacial score (nSPS) is 14.3. The van der Waals surface area contributed by atoms with Crippen molar-refractivity contribution in [1.82, 2.24) is 19.9 Å². The van der Waals surface area contributed by atoms with Gasteiger partial charge in [-0.25, -0.2) is 9.97 Å². The maximum atomic E-state index is 4.40. The number of hydrogen-bond acceptors (Lipinski definition) is 7. The van der Waals surface area contributed by atoms with Crippen molar-refractivity contribution in [3.05, 3.63) is 41.1 Å². The lowest BCUT2D eigenvalue weighted by molar-refractivity contribution is 0.917. The third kappa shape index (κ3) is 2.23. The van der Waals surface area contributed by atoms with Crippen LogP contribution in [-0.2, 0) is 12.8 Å². The Bertz CT molecular complexity index is 855. The van der Waals surface area contributed by atoms with Gasteiger partial charge in [0.2, 0.25) is 0 Å². The van der Waals surface area contributed by atoms with E-state index in [-0.39, 0.29) is 0 Å². The molecule has 0 saturated carbocycles. The molecular formula is C15H14N6S. The molecule has 110 valence electrons. The number of thiophene rings is 1. The fraction of sp³-hybridized carbons (Fsp3) is 0.267. The summed E-state index contributed by atoms with van der Waals surface area (Å²) in [5.41, 5.74) is 5.98. The number of nitrogens with zero attached hydrogens (tertiary/aromatic N) is 5. The van der Waals surface area contributed by atoms with Crippen molar-refractivity contribution in [2.45, 2.75) is 26.2 Å². The minimum absolute atomic E-state index is 0.746. The summed E-state index contributed by atoms with van der Waals surface area (Å²) in [7, 11) is 0. The van der Waals surface area contributed by atoms with Crippen LogP contribution in [-0.4, -0.2) is 25.6 Å². The van der Waals surface area contributed by atoms with E-state index in [0.717, 1.165) is 40.3 Å². The Hall–Kier alpha value is -2.41. The summed E-state index contributed by atoms with van der Waals surface area (Å²) in [6.07, 6.45) is 10.0. The maximum Gasteiger partial charge on any atom is 0.158 e. The molecule has 1 aliphatic rings. The van der Waals surface area contributed by atoms with E-state index in [1.54, 1.807) is 36.3 Å². The molecule has 1 aliphatic carbocycles. The van der Waals surface area contributed by atoms with Gasteiger partial charge in [-0.15, -0.1) is 11.3 Å². The Labute approximate surface area is 131 Å². The lowest BCUT2D eigenvalue weighted by Gasteiger charge is -2.04. The number of rotatable bonds is 3. The molecule has 3 aromatic rings. The number of aromatic nitrogens is 4. The van der Waals surface area contributed by atoms with Crippen LogP contribution in [0.3, 0.4) is 0 Å². The Kier molecular flexibility index (Phi) is 3.27. The summed E-state index contributed by atoms with van der Waals surface area (Å²) in [6.45, 7) is 1.90. The predicted octanol–water partition coefficient (Wildman–Crippen LogP) is 2.81. The van der Waals surface area contributed by atoms with Crippen molar-refractivity contribution >= 4 is 33.1 Å². The van der Waals surface area contributed by atoms with Crippen molar-refractivity contribution < 1.29 is 0 Å². The Balaban J connectivity index is 1.70. The molecule has 0 spiro atoms. The zero-order valence-corrected chi connectivity index (χ0v) is 12.9.